The minimum absolute atomic E-state index is 0.152. The molecule has 0 fully saturated rings. The van der Waals surface area contributed by atoms with Crippen LogP contribution >= 0.6 is 22.6 Å². The van der Waals surface area contributed by atoms with Gasteiger partial charge in [0.25, 0.3) is 0 Å². The Morgan fingerprint density at radius 1 is 1.17 bits per heavy atom. The Labute approximate surface area is 154 Å². The maximum atomic E-state index is 9.91. The van der Waals surface area contributed by atoms with Crippen LogP contribution in [0.2, 0.25) is 0 Å². The summed E-state index contributed by atoms with van der Waals surface area (Å²) in [5.41, 5.74) is 6.60. The molecule has 0 saturated carbocycles. The zero-order valence-electron chi connectivity index (χ0n) is 13.3. The lowest BCUT2D eigenvalue weighted by Crippen LogP contribution is -2.27. The fourth-order valence-corrected chi connectivity index (χ4v) is 2.20. The first-order chi connectivity index (χ1) is 11.6. The Morgan fingerprint density at radius 2 is 1.79 bits per heavy atom. The predicted molar refractivity (Wildman–Crippen MR) is 104 cm³/mol. The molecule has 6 nitrogen and oxygen atoms in total. The lowest BCUT2D eigenvalue weighted by atomic mass is 10.3. The van der Waals surface area contributed by atoms with Crippen LogP contribution in [0.3, 0.4) is 0 Å². The van der Waals surface area contributed by atoms with E-state index < -0.39 is 6.10 Å². The third-order valence-corrected chi connectivity index (χ3v) is 3.81. The van der Waals surface area contributed by atoms with Crippen LogP contribution in [-0.4, -0.2) is 37.4 Å². The first-order valence-corrected chi connectivity index (χ1v) is 8.42. The molecule has 0 saturated heterocycles. The van der Waals surface area contributed by atoms with Crippen molar-refractivity contribution in [3.63, 3.8) is 0 Å². The average molecular weight is 441 g/mol. The Balaban J connectivity index is 1.77. The van der Waals surface area contributed by atoms with E-state index in [2.05, 4.69) is 32.9 Å². The lowest BCUT2D eigenvalue weighted by molar-refractivity contribution is 0.114. The molecule has 0 aliphatic carbocycles. The van der Waals surface area contributed by atoms with Crippen LogP contribution in [-0.2, 0) is 0 Å². The van der Waals surface area contributed by atoms with Gasteiger partial charge in [0.2, 0.25) is 0 Å². The number of halogens is 1. The van der Waals surface area contributed by atoms with Gasteiger partial charge in [0.05, 0.1) is 13.7 Å². The molecule has 0 bridgehead atoms. The van der Waals surface area contributed by atoms with E-state index in [0.29, 0.717) is 5.75 Å². The Morgan fingerprint density at radius 3 is 2.42 bits per heavy atom. The molecule has 24 heavy (non-hydrogen) atoms. The molecule has 1 atom stereocenters. The van der Waals surface area contributed by atoms with E-state index in [9.17, 15) is 5.11 Å². The molecule has 0 amide bonds. The summed E-state index contributed by atoms with van der Waals surface area (Å²) in [7, 11) is 1.61. The molecule has 2 aromatic carbocycles. The van der Waals surface area contributed by atoms with Crippen molar-refractivity contribution in [3.05, 3.63) is 52.1 Å². The number of nitrogens with one attached hydrogen (secondary N) is 1. The van der Waals surface area contributed by atoms with Crippen LogP contribution in [0.4, 0.5) is 5.69 Å². The molecular formula is C17H20IN3O3. The zero-order chi connectivity index (χ0) is 17.4. The van der Waals surface area contributed by atoms with Gasteiger partial charge in [-0.05, 0) is 71.1 Å². The molecule has 1 unspecified atom stereocenters. The maximum absolute atomic E-state index is 9.91. The molecule has 0 aliphatic rings. The third-order valence-electron chi connectivity index (χ3n) is 3.09. The molecular weight excluding hydrogens is 421 g/mol. The van der Waals surface area contributed by atoms with Gasteiger partial charge in [-0.2, -0.15) is 0 Å². The van der Waals surface area contributed by atoms with Crippen molar-refractivity contribution >= 4 is 34.2 Å². The van der Waals surface area contributed by atoms with Crippen LogP contribution < -0.4 is 20.5 Å². The van der Waals surface area contributed by atoms with Crippen molar-refractivity contribution in [2.24, 2.45) is 10.7 Å². The Bertz CT molecular complexity index is 660. The van der Waals surface area contributed by atoms with E-state index in [4.69, 9.17) is 15.2 Å². The van der Waals surface area contributed by atoms with Crippen LogP contribution in [0.25, 0.3) is 0 Å². The fourth-order valence-electron chi connectivity index (χ4n) is 1.84. The van der Waals surface area contributed by atoms with Gasteiger partial charge in [-0.15, -0.1) is 0 Å². The number of methoxy groups -OCH3 is 1. The fraction of sp³-hybridized carbons (Fsp3) is 0.235. The first-order valence-electron chi connectivity index (χ1n) is 7.34. The molecule has 0 aliphatic heterocycles. The number of nitrogens with two attached hydrogens (primary N) is 1. The van der Waals surface area contributed by atoms with E-state index in [1.165, 1.54) is 0 Å². The summed E-state index contributed by atoms with van der Waals surface area (Å²) >= 11 is 2.22. The number of aliphatic hydroxyl groups excluding tert-OH is 1. The van der Waals surface area contributed by atoms with Gasteiger partial charge < -0.3 is 25.6 Å². The van der Waals surface area contributed by atoms with E-state index in [0.717, 1.165) is 15.0 Å². The largest absolute Gasteiger partial charge is 0.497 e. The molecule has 4 N–H and O–H groups in total. The van der Waals surface area contributed by atoms with Crippen LogP contribution in [0, 0.1) is 3.57 Å². The van der Waals surface area contributed by atoms with Crippen molar-refractivity contribution in [1.29, 1.82) is 0 Å². The summed E-state index contributed by atoms with van der Waals surface area (Å²) in [5.74, 6) is 1.70. The third kappa shape index (κ3) is 6.25. The molecule has 7 heteroatoms. The number of aliphatic hydroxyl groups is 1. The van der Waals surface area contributed by atoms with Gasteiger partial charge in [0.15, 0.2) is 5.96 Å². The van der Waals surface area contributed by atoms with Gasteiger partial charge in [0, 0.05) is 9.26 Å². The summed E-state index contributed by atoms with van der Waals surface area (Å²) < 4.78 is 11.7. The number of ether oxygens (including phenoxy) is 2. The number of benzene rings is 2. The average Bonchev–Trinajstić information content (AvgIpc) is 2.60. The van der Waals surface area contributed by atoms with Crippen LogP contribution in [0.1, 0.15) is 0 Å². The van der Waals surface area contributed by atoms with Crippen molar-refractivity contribution in [2.45, 2.75) is 6.10 Å². The van der Waals surface area contributed by atoms with E-state index >= 15 is 0 Å². The number of nitrogens with zero attached hydrogens (tertiary/aromatic N) is 1. The second-order valence-electron chi connectivity index (χ2n) is 5.00. The first kappa shape index (κ1) is 18.3. The number of aliphatic imine (C=N–C) groups is 1. The predicted octanol–water partition coefficient (Wildman–Crippen LogP) is 2.47. The number of guanidine groups is 1. The minimum Gasteiger partial charge on any atom is -0.497 e. The summed E-state index contributed by atoms with van der Waals surface area (Å²) in [6.07, 6.45) is -0.736. The molecule has 0 radical (unpaired) electrons. The van der Waals surface area contributed by atoms with Crippen LogP contribution in [0.5, 0.6) is 11.5 Å². The molecule has 2 rings (SSSR count). The Hall–Kier alpha value is -2.00. The highest BCUT2D eigenvalue weighted by atomic mass is 127. The topological polar surface area (TPSA) is 89.1 Å². The van der Waals surface area contributed by atoms with Gasteiger partial charge in [-0.3, -0.25) is 4.99 Å². The normalized spacial score (nSPS) is 12.5. The van der Waals surface area contributed by atoms with E-state index in [1.807, 2.05) is 48.5 Å². The van der Waals surface area contributed by atoms with Crippen molar-refractivity contribution < 1.29 is 14.6 Å². The van der Waals surface area contributed by atoms with Crippen molar-refractivity contribution in [1.82, 2.24) is 0 Å². The van der Waals surface area contributed by atoms with Crippen molar-refractivity contribution in [2.75, 3.05) is 25.6 Å². The quantitative estimate of drug-likeness (QED) is 0.349. The standard InChI is InChI=1S/C17H20IN3O3/c1-23-15-8-4-13(5-9-15)21-17(19)20-10-14(22)11-24-16-6-2-12(18)3-7-16/h2-9,14,22H,10-11H2,1H3,(H3,19,20,21). The second-order valence-corrected chi connectivity index (χ2v) is 6.24. The molecule has 0 spiro atoms. The highest BCUT2D eigenvalue weighted by Crippen LogP contribution is 2.15. The SMILES string of the molecule is COc1ccc(NC(N)=NCC(O)COc2ccc(I)cc2)cc1. The van der Waals surface area contributed by atoms with E-state index in [-0.39, 0.29) is 19.1 Å². The van der Waals surface area contributed by atoms with Crippen molar-refractivity contribution in [3.8, 4) is 11.5 Å². The van der Waals surface area contributed by atoms with Gasteiger partial charge in [-0.1, -0.05) is 0 Å². The zero-order valence-corrected chi connectivity index (χ0v) is 15.4. The van der Waals surface area contributed by atoms with Gasteiger partial charge in [-0.25, -0.2) is 0 Å². The van der Waals surface area contributed by atoms with Gasteiger partial charge >= 0.3 is 0 Å². The summed E-state index contributed by atoms with van der Waals surface area (Å²) in [6, 6.07) is 14.9. The van der Waals surface area contributed by atoms with E-state index in [1.54, 1.807) is 7.11 Å². The minimum atomic E-state index is -0.736. The highest BCUT2D eigenvalue weighted by Gasteiger charge is 2.05. The summed E-state index contributed by atoms with van der Waals surface area (Å²) in [4.78, 5) is 4.11. The smallest absolute Gasteiger partial charge is 0.193 e. The monoisotopic (exact) mass is 441 g/mol. The maximum Gasteiger partial charge on any atom is 0.193 e. The van der Waals surface area contributed by atoms with Gasteiger partial charge in [0.1, 0.15) is 24.2 Å². The molecule has 0 heterocycles. The number of anilines is 1. The molecule has 0 aromatic heterocycles. The van der Waals surface area contributed by atoms with Crippen LogP contribution in [0.15, 0.2) is 53.5 Å². The number of hydrogen-bond donors (Lipinski definition) is 3. The highest BCUT2D eigenvalue weighted by molar-refractivity contribution is 14.1. The summed E-state index contributed by atoms with van der Waals surface area (Å²) in [6.45, 7) is 0.305. The Kier molecular flexibility index (Phi) is 7.13. The molecule has 128 valence electrons. The number of rotatable bonds is 7. The second kappa shape index (κ2) is 9.33. The lowest BCUT2D eigenvalue weighted by Gasteiger charge is -2.11. The number of hydrogen-bond acceptors (Lipinski definition) is 4. The molecule has 2 aromatic rings. The summed E-state index contributed by atoms with van der Waals surface area (Å²) in [5, 5.41) is 12.9.